The normalized spacial score (nSPS) is 44.9. The zero-order chi connectivity index (χ0) is 22.3. The second kappa shape index (κ2) is 8.96. The fourth-order valence-electron chi connectivity index (χ4n) is 4.75. The first-order chi connectivity index (χ1) is 14.8. The van der Waals surface area contributed by atoms with Crippen LogP contribution in [0, 0.1) is 0 Å². The topological polar surface area (TPSA) is 154 Å². The molecule has 12 heteroatoms. The van der Waals surface area contributed by atoms with E-state index in [-0.39, 0.29) is 18.4 Å². The quantitative estimate of drug-likeness (QED) is 0.284. The molecule has 0 aromatic carbocycles. The van der Waals surface area contributed by atoms with E-state index in [9.17, 15) is 20.1 Å². The maximum atomic E-state index is 12.6. The van der Waals surface area contributed by atoms with Gasteiger partial charge in [0, 0.05) is 5.38 Å². The number of likely N-dealkylation sites (N-methyl/N-ethyl adjacent to an activating group) is 2. The number of ether oxygens (including phenoxy) is 3. The number of nitrogens with one attached hydrogen (secondary N) is 3. The molecule has 3 fully saturated rings. The average molecular weight is 459 g/mol. The number of amides is 1. The molecule has 0 bridgehead atoms. The molecule has 1 aromatic rings. The predicted octanol–water partition coefficient (Wildman–Crippen LogP) is -2.31. The molecule has 1 aromatic heterocycles. The molecule has 174 valence electrons. The smallest absolute Gasteiger partial charge is 0.239 e. The minimum absolute atomic E-state index is 0.0727. The van der Waals surface area contributed by atoms with Crippen molar-refractivity contribution >= 4 is 17.2 Å². The number of aliphatic hydroxyl groups excluding tert-OH is 2. The van der Waals surface area contributed by atoms with Crippen LogP contribution in [0.2, 0.25) is 0 Å². The molecule has 11 nitrogen and oxygen atoms in total. The van der Waals surface area contributed by atoms with Crippen LogP contribution in [-0.2, 0) is 25.4 Å². The number of aromatic nitrogens is 1. The van der Waals surface area contributed by atoms with Crippen LogP contribution in [0.3, 0.4) is 0 Å². The number of hydrogen-bond donors (Lipinski definition) is 6. The van der Waals surface area contributed by atoms with Gasteiger partial charge in [-0.15, -0.1) is 11.3 Å². The van der Waals surface area contributed by atoms with Crippen molar-refractivity contribution in [2.75, 3.05) is 14.1 Å². The molecule has 10 atom stereocenters. The van der Waals surface area contributed by atoms with Gasteiger partial charge in [-0.1, -0.05) is 0 Å². The van der Waals surface area contributed by atoms with Crippen LogP contribution in [0.1, 0.15) is 19.0 Å². The highest BCUT2D eigenvalue weighted by molar-refractivity contribution is 7.07. The summed E-state index contributed by atoms with van der Waals surface area (Å²) in [5.74, 6) is -2.31. The summed E-state index contributed by atoms with van der Waals surface area (Å²) in [6.45, 7) is 1.81. The van der Waals surface area contributed by atoms with Crippen LogP contribution in [0.5, 0.6) is 0 Å². The van der Waals surface area contributed by atoms with Crippen molar-refractivity contribution < 1.29 is 34.3 Å². The minimum Gasteiger partial charge on any atom is -0.390 e. The first-order valence-electron chi connectivity index (χ1n) is 10.4. The largest absolute Gasteiger partial charge is 0.390 e. The van der Waals surface area contributed by atoms with E-state index in [0.717, 1.165) is 0 Å². The zero-order valence-corrected chi connectivity index (χ0v) is 18.4. The number of thiazole rings is 1. The van der Waals surface area contributed by atoms with Gasteiger partial charge in [-0.3, -0.25) is 4.79 Å². The Morgan fingerprint density at radius 2 is 1.97 bits per heavy atom. The van der Waals surface area contributed by atoms with Gasteiger partial charge in [-0.05, 0) is 27.4 Å². The molecule has 1 amide bonds. The number of nitrogens with zero attached hydrogens (tertiary/aromatic N) is 1. The van der Waals surface area contributed by atoms with E-state index in [1.165, 1.54) is 11.3 Å². The third-order valence-electron chi connectivity index (χ3n) is 6.31. The van der Waals surface area contributed by atoms with E-state index >= 15 is 0 Å². The molecule has 3 unspecified atom stereocenters. The first-order valence-corrected chi connectivity index (χ1v) is 11.3. The lowest BCUT2D eigenvalue weighted by atomic mass is 9.79. The molecule has 2 saturated heterocycles. The molecule has 4 rings (SSSR count). The fraction of sp³-hybridized carbons (Fsp3) is 0.789. The summed E-state index contributed by atoms with van der Waals surface area (Å²) in [5, 5.41) is 43.5. The number of aliphatic hydroxyl groups is 3. The third kappa shape index (κ3) is 4.12. The van der Waals surface area contributed by atoms with Gasteiger partial charge in [0.05, 0.1) is 48.0 Å². The van der Waals surface area contributed by atoms with E-state index in [2.05, 4.69) is 20.9 Å². The van der Waals surface area contributed by atoms with Gasteiger partial charge in [0.25, 0.3) is 0 Å². The second-order valence-electron chi connectivity index (χ2n) is 8.34. The molecule has 6 N–H and O–H groups in total. The lowest BCUT2D eigenvalue weighted by molar-refractivity contribution is -0.449. The summed E-state index contributed by atoms with van der Waals surface area (Å²) in [4.78, 5) is 16.7. The monoisotopic (exact) mass is 458 g/mol. The number of fused-ring (bicyclic) bond motifs is 2. The number of carbonyl (C=O) groups excluding carboxylic acids is 1. The highest BCUT2D eigenvalue weighted by Gasteiger charge is 2.63. The van der Waals surface area contributed by atoms with Gasteiger partial charge in [0.15, 0.2) is 0 Å². The van der Waals surface area contributed by atoms with Gasteiger partial charge in [0.1, 0.15) is 18.3 Å². The zero-order valence-electron chi connectivity index (χ0n) is 17.6. The maximum absolute atomic E-state index is 12.6. The summed E-state index contributed by atoms with van der Waals surface area (Å²) in [5.41, 5.74) is 2.29. The standard InChI is InChI=1S/C19H30N4O7S/c1-8-4-10(23-11(24)5-9-6-31-7-22-9)19(27)18(28-8)29-17-15(26)12(20-2)14(25)13(21-3)16(17)30-19/h6-8,10,12-18,20-21,25-27H,4-5H2,1-3H3,(H,23,24)/t8-,10-,12-,13+,14+,15-,16?,17?,18?,19+/m1/s1. The average Bonchev–Trinajstić information content (AvgIpc) is 3.21. The summed E-state index contributed by atoms with van der Waals surface area (Å²) in [7, 11) is 3.29. The van der Waals surface area contributed by atoms with E-state index in [0.29, 0.717) is 12.1 Å². The molecule has 1 aliphatic carbocycles. The third-order valence-corrected chi connectivity index (χ3v) is 6.95. The van der Waals surface area contributed by atoms with Crippen LogP contribution in [0.15, 0.2) is 10.9 Å². The number of hydrogen-bond acceptors (Lipinski definition) is 11. The Morgan fingerprint density at radius 3 is 2.61 bits per heavy atom. The summed E-state index contributed by atoms with van der Waals surface area (Å²) in [6.07, 6.45) is -5.03. The van der Waals surface area contributed by atoms with Crippen molar-refractivity contribution in [3.63, 3.8) is 0 Å². The van der Waals surface area contributed by atoms with Crippen molar-refractivity contribution in [2.24, 2.45) is 0 Å². The lowest BCUT2D eigenvalue weighted by Gasteiger charge is -2.58. The highest BCUT2D eigenvalue weighted by Crippen LogP contribution is 2.41. The van der Waals surface area contributed by atoms with Crippen molar-refractivity contribution in [3.05, 3.63) is 16.6 Å². The van der Waals surface area contributed by atoms with Gasteiger partial charge in [-0.25, -0.2) is 4.98 Å². The van der Waals surface area contributed by atoms with E-state index in [1.54, 1.807) is 25.0 Å². The number of carbonyl (C=O) groups is 1. The Labute approximate surface area is 184 Å². The Hall–Kier alpha value is -1.22. The molecule has 3 heterocycles. The van der Waals surface area contributed by atoms with Crippen LogP contribution < -0.4 is 16.0 Å². The Kier molecular flexibility index (Phi) is 6.64. The Bertz CT molecular complexity index is 770. The Balaban J connectivity index is 1.57. The first kappa shape index (κ1) is 23.0. The van der Waals surface area contributed by atoms with Crippen molar-refractivity contribution in [3.8, 4) is 0 Å². The van der Waals surface area contributed by atoms with Gasteiger partial charge < -0.3 is 45.5 Å². The highest BCUT2D eigenvalue weighted by atomic mass is 32.1. The van der Waals surface area contributed by atoms with Gasteiger partial charge in [0.2, 0.25) is 18.0 Å². The fourth-order valence-corrected chi connectivity index (χ4v) is 5.31. The van der Waals surface area contributed by atoms with E-state index in [1.807, 2.05) is 6.92 Å². The molecule has 0 radical (unpaired) electrons. The molecule has 31 heavy (non-hydrogen) atoms. The molecular formula is C19H30N4O7S. The van der Waals surface area contributed by atoms with Crippen LogP contribution in [0.4, 0.5) is 0 Å². The van der Waals surface area contributed by atoms with Gasteiger partial charge in [-0.2, -0.15) is 0 Å². The van der Waals surface area contributed by atoms with Crippen LogP contribution >= 0.6 is 11.3 Å². The summed E-state index contributed by atoms with van der Waals surface area (Å²) in [6, 6.07) is -2.12. The molecule has 3 aliphatic rings. The van der Waals surface area contributed by atoms with E-state index in [4.69, 9.17) is 14.2 Å². The predicted molar refractivity (Wildman–Crippen MR) is 109 cm³/mol. The van der Waals surface area contributed by atoms with Crippen LogP contribution in [-0.4, -0.2) is 101 Å². The van der Waals surface area contributed by atoms with Crippen molar-refractivity contribution in [2.45, 2.75) is 80.5 Å². The van der Waals surface area contributed by atoms with Crippen molar-refractivity contribution in [1.82, 2.24) is 20.9 Å². The van der Waals surface area contributed by atoms with Crippen molar-refractivity contribution in [1.29, 1.82) is 0 Å². The summed E-state index contributed by atoms with van der Waals surface area (Å²) < 4.78 is 17.9. The Morgan fingerprint density at radius 1 is 1.23 bits per heavy atom. The number of rotatable bonds is 5. The molecule has 2 aliphatic heterocycles. The molecule has 0 spiro atoms. The summed E-state index contributed by atoms with van der Waals surface area (Å²) >= 11 is 1.40. The van der Waals surface area contributed by atoms with Crippen LogP contribution in [0.25, 0.3) is 0 Å². The lowest BCUT2D eigenvalue weighted by Crippen LogP contribution is -2.79. The SMILES string of the molecule is CN[C@@H]1[C@H](O)[C@H](NC)C2O[C@]3(O)C(OC2[C@@H]1O)O[C@H](C)C[C@H]3NC(=O)Cc1cscn1. The second-order valence-corrected chi connectivity index (χ2v) is 9.05. The van der Waals surface area contributed by atoms with E-state index < -0.39 is 54.6 Å². The molecule has 1 saturated carbocycles. The minimum atomic E-state index is -1.99. The maximum Gasteiger partial charge on any atom is 0.239 e. The molecular weight excluding hydrogens is 428 g/mol. The van der Waals surface area contributed by atoms with Gasteiger partial charge >= 0.3 is 0 Å².